The highest BCUT2D eigenvalue weighted by molar-refractivity contribution is 7.09. The van der Waals surface area contributed by atoms with Crippen molar-refractivity contribution in [1.82, 2.24) is 9.80 Å². The van der Waals surface area contributed by atoms with Crippen LogP contribution in [0.25, 0.3) is 0 Å². The van der Waals surface area contributed by atoms with Gasteiger partial charge in [-0.05, 0) is 30.8 Å². The van der Waals surface area contributed by atoms with Crippen LogP contribution in [0.15, 0.2) is 17.5 Å². The topological polar surface area (TPSA) is 23.6 Å². The minimum atomic E-state index is 0.0945. The van der Waals surface area contributed by atoms with Gasteiger partial charge in [-0.1, -0.05) is 6.07 Å². The molecule has 3 nitrogen and oxygen atoms in total. The number of likely N-dealkylation sites (N-methyl/N-ethyl adjacent to an activating group) is 1. The lowest BCUT2D eigenvalue weighted by Crippen LogP contribution is -2.42. The van der Waals surface area contributed by atoms with Crippen molar-refractivity contribution in [3.63, 3.8) is 0 Å². The summed E-state index contributed by atoms with van der Waals surface area (Å²) in [4.78, 5) is 17.3. The quantitative estimate of drug-likeness (QED) is 0.801. The van der Waals surface area contributed by atoms with Gasteiger partial charge in [0.05, 0.1) is 6.04 Å². The Morgan fingerprint density at radius 2 is 2.44 bits per heavy atom. The standard InChI is InChI=1S/C12H18N2OS/c1-13(2)12(15)11-6-3-7-14(11)9-10-5-4-8-16-10/h4-5,8,11H,3,6-7,9H2,1-2H3/t11-/m0/s1. The Kier molecular flexibility index (Phi) is 3.61. The number of thiophene rings is 1. The molecule has 0 spiro atoms. The van der Waals surface area contributed by atoms with Crippen molar-refractivity contribution < 1.29 is 4.79 Å². The van der Waals surface area contributed by atoms with E-state index in [9.17, 15) is 4.79 Å². The summed E-state index contributed by atoms with van der Waals surface area (Å²) in [7, 11) is 3.67. The lowest BCUT2D eigenvalue weighted by molar-refractivity contribution is -0.133. The van der Waals surface area contributed by atoms with Crippen molar-refractivity contribution in [2.75, 3.05) is 20.6 Å². The van der Waals surface area contributed by atoms with E-state index < -0.39 is 0 Å². The molecule has 1 fully saturated rings. The minimum Gasteiger partial charge on any atom is -0.347 e. The van der Waals surface area contributed by atoms with Crippen molar-refractivity contribution in [3.05, 3.63) is 22.4 Å². The summed E-state index contributed by atoms with van der Waals surface area (Å²) < 4.78 is 0. The van der Waals surface area contributed by atoms with Crippen molar-refractivity contribution >= 4 is 17.2 Å². The Morgan fingerprint density at radius 3 is 3.06 bits per heavy atom. The van der Waals surface area contributed by atoms with Gasteiger partial charge in [-0.3, -0.25) is 9.69 Å². The second kappa shape index (κ2) is 4.97. The number of hydrogen-bond acceptors (Lipinski definition) is 3. The van der Waals surface area contributed by atoms with E-state index in [4.69, 9.17) is 0 Å². The lowest BCUT2D eigenvalue weighted by atomic mass is 10.2. The van der Waals surface area contributed by atoms with Gasteiger partial charge in [0.2, 0.25) is 5.91 Å². The zero-order valence-corrected chi connectivity index (χ0v) is 10.7. The van der Waals surface area contributed by atoms with Crippen LogP contribution in [0.3, 0.4) is 0 Å². The highest BCUT2D eigenvalue weighted by Crippen LogP contribution is 2.22. The van der Waals surface area contributed by atoms with Gasteiger partial charge in [-0.25, -0.2) is 0 Å². The van der Waals surface area contributed by atoms with E-state index in [2.05, 4.69) is 22.4 Å². The van der Waals surface area contributed by atoms with Crippen LogP contribution in [-0.2, 0) is 11.3 Å². The zero-order chi connectivity index (χ0) is 11.5. The molecule has 0 aliphatic carbocycles. The van der Waals surface area contributed by atoms with Gasteiger partial charge in [-0.2, -0.15) is 0 Å². The molecule has 0 N–H and O–H groups in total. The van der Waals surface area contributed by atoms with Crippen molar-refractivity contribution in [2.24, 2.45) is 0 Å². The predicted molar refractivity (Wildman–Crippen MR) is 66.4 cm³/mol. The molecule has 1 aromatic heterocycles. The Balaban J connectivity index is 2.01. The SMILES string of the molecule is CN(C)C(=O)[C@@H]1CCCN1Cc1cccs1. The molecule has 16 heavy (non-hydrogen) atoms. The molecule has 0 bridgehead atoms. The van der Waals surface area contributed by atoms with E-state index in [0.717, 1.165) is 25.9 Å². The number of hydrogen-bond donors (Lipinski definition) is 0. The van der Waals surface area contributed by atoms with Crippen LogP contribution >= 0.6 is 11.3 Å². The number of carbonyl (C=O) groups is 1. The molecule has 1 aromatic rings. The Labute approximate surface area is 101 Å². The maximum absolute atomic E-state index is 12.0. The van der Waals surface area contributed by atoms with E-state index >= 15 is 0 Å². The van der Waals surface area contributed by atoms with Gasteiger partial charge in [0.1, 0.15) is 0 Å². The monoisotopic (exact) mass is 238 g/mol. The third kappa shape index (κ3) is 2.44. The molecule has 0 aromatic carbocycles. The van der Waals surface area contributed by atoms with E-state index in [1.165, 1.54) is 4.88 Å². The van der Waals surface area contributed by atoms with E-state index in [1.807, 2.05) is 14.1 Å². The van der Waals surface area contributed by atoms with Gasteiger partial charge in [0.25, 0.3) is 0 Å². The first-order valence-corrected chi connectivity index (χ1v) is 6.54. The molecule has 88 valence electrons. The average molecular weight is 238 g/mol. The van der Waals surface area contributed by atoms with Crippen LogP contribution in [0.2, 0.25) is 0 Å². The fourth-order valence-electron chi connectivity index (χ4n) is 2.20. The molecule has 1 amide bonds. The van der Waals surface area contributed by atoms with Crippen LogP contribution in [0.4, 0.5) is 0 Å². The van der Waals surface area contributed by atoms with Gasteiger partial charge in [0, 0.05) is 25.5 Å². The molecule has 0 unspecified atom stereocenters. The molecular formula is C12H18N2OS. The molecule has 2 rings (SSSR count). The Bertz CT molecular complexity index is 348. The molecule has 1 aliphatic heterocycles. The van der Waals surface area contributed by atoms with Crippen LogP contribution < -0.4 is 0 Å². The molecule has 1 aliphatic rings. The molecule has 0 saturated carbocycles. The fraction of sp³-hybridized carbons (Fsp3) is 0.583. The number of carbonyl (C=O) groups excluding carboxylic acids is 1. The van der Waals surface area contributed by atoms with Crippen molar-refractivity contribution in [3.8, 4) is 0 Å². The average Bonchev–Trinajstić information content (AvgIpc) is 2.88. The summed E-state index contributed by atoms with van der Waals surface area (Å²) in [6.07, 6.45) is 2.14. The molecule has 4 heteroatoms. The second-order valence-corrected chi connectivity index (χ2v) is 5.47. The fourth-order valence-corrected chi connectivity index (χ4v) is 2.93. The number of rotatable bonds is 3. The summed E-state index contributed by atoms with van der Waals surface area (Å²) in [6, 6.07) is 4.30. The minimum absolute atomic E-state index is 0.0945. The summed E-state index contributed by atoms with van der Waals surface area (Å²) in [5, 5.41) is 2.09. The normalized spacial score (nSPS) is 21.2. The maximum Gasteiger partial charge on any atom is 0.239 e. The van der Waals surface area contributed by atoms with Crippen LogP contribution in [0.5, 0.6) is 0 Å². The van der Waals surface area contributed by atoms with Crippen LogP contribution in [-0.4, -0.2) is 42.4 Å². The van der Waals surface area contributed by atoms with Gasteiger partial charge in [-0.15, -0.1) is 11.3 Å². The maximum atomic E-state index is 12.0. The van der Waals surface area contributed by atoms with Crippen LogP contribution in [0.1, 0.15) is 17.7 Å². The summed E-state index contributed by atoms with van der Waals surface area (Å²) in [5.41, 5.74) is 0. The van der Waals surface area contributed by atoms with E-state index in [-0.39, 0.29) is 11.9 Å². The summed E-state index contributed by atoms with van der Waals surface area (Å²) >= 11 is 1.77. The van der Waals surface area contributed by atoms with E-state index in [1.54, 1.807) is 16.2 Å². The lowest BCUT2D eigenvalue weighted by Gasteiger charge is -2.25. The third-order valence-electron chi connectivity index (χ3n) is 3.03. The largest absolute Gasteiger partial charge is 0.347 e. The molecule has 1 atom stereocenters. The van der Waals surface area contributed by atoms with Gasteiger partial charge < -0.3 is 4.90 Å². The van der Waals surface area contributed by atoms with Crippen molar-refractivity contribution in [1.29, 1.82) is 0 Å². The number of amides is 1. The first-order valence-electron chi connectivity index (χ1n) is 5.66. The summed E-state index contributed by atoms with van der Waals surface area (Å²) in [6.45, 7) is 1.96. The first kappa shape index (κ1) is 11.6. The summed E-state index contributed by atoms with van der Waals surface area (Å²) in [5.74, 6) is 0.244. The molecular weight excluding hydrogens is 220 g/mol. The molecule has 2 heterocycles. The Hall–Kier alpha value is -0.870. The highest BCUT2D eigenvalue weighted by atomic mass is 32.1. The third-order valence-corrected chi connectivity index (χ3v) is 3.89. The number of likely N-dealkylation sites (tertiary alicyclic amines) is 1. The highest BCUT2D eigenvalue weighted by Gasteiger charge is 2.31. The van der Waals surface area contributed by atoms with Crippen LogP contribution in [0, 0.1) is 0 Å². The first-order chi connectivity index (χ1) is 7.68. The van der Waals surface area contributed by atoms with Gasteiger partial charge >= 0.3 is 0 Å². The van der Waals surface area contributed by atoms with E-state index in [0.29, 0.717) is 0 Å². The van der Waals surface area contributed by atoms with Gasteiger partial charge in [0.15, 0.2) is 0 Å². The molecule has 0 radical (unpaired) electrons. The zero-order valence-electron chi connectivity index (χ0n) is 9.85. The molecule has 1 saturated heterocycles. The smallest absolute Gasteiger partial charge is 0.239 e. The predicted octanol–water partition coefficient (Wildman–Crippen LogP) is 1.80. The van der Waals surface area contributed by atoms with Crippen molar-refractivity contribution in [2.45, 2.75) is 25.4 Å². The number of nitrogens with zero attached hydrogens (tertiary/aromatic N) is 2. The Morgan fingerprint density at radius 1 is 1.62 bits per heavy atom. The second-order valence-electron chi connectivity index (χ2n) is 4.44.